The summed E-state index contributed by atoms with van der Waals surface area (Å²) in [6.45, 7) is 1.82. The molecule has 2 atom stereocenters. The molecule has 2 unspecified atom stereocenters. The number of nitrogen functional groups attached to an aromatic ring is 1. The van der Waals surface area contributed by atoms with Crippen LogP contribution in [0.2, 0.25) is 5.02 Å². The van der Waals surface area contributed by atoms with Crippen LogP contribution in [0.15, 0.2) is 18.2 Å². The molecule has 1 aromatic rings. The maximum Gasteiger partial charge on any atom is 0.253 e. The lowest BCUT2D eigenvalue weighted by Gasteiger charge is -2.17. The third kappa shape index (κ3) is 1.97. The van der Waals surface area contributed by atoms with Gasteiger partial charge in [-0.3, -0.25) is 4.79 Å². The summed E-state index contributed by atoms with van der Waals surface area (Å²) in [7, 11) is 0. The van der Waals surface area contributed by atoms with Gasteiger partial charge in [-0.1, -0.05) is 18.0 Å². The van der Waals surface area contributed by atoms with E-state index >= 15 is 0 Å². The predicted octanol–water partition coefficient (Wildman–Crippen LogP) is 2.79. The Labute approximate surface area is 112 Å². The number of nitrogens with two attached hydrogens (primary N) is 1. The summed E-state index contributed by atoms with van der Waals surface area (Å²) in [6, 6.07) is 5.13. The number of amides is 1. The van der Waals surface area contributed by atoms with E-state index in [4.69, 9.17) is 17.3 Å². The Balaban J connectivity index is 1.77. The van der Waals surface area contributed by atoms with Crippen LogP contribution in [0.4, 0.5) is 5.69 Å². The molecule has 96 valence electrons. The van der Waals surface area contributed by atoms with E-state index in [0.717, 1.165) is 24.9 Å². The number of hydrogen-bond donors (Lipinski definition) is 1. The number of rotatable bonds is 1. The van der Waals surface area contributed by atoms with Gasteiger partial charge in [0.15, 0.2) is 0 Å². The Kier molecular flexibility index (Phi) is 2.94. The minimum atomic E-state index is 0.0905. The van der Waals surface area contributed by atoms with Gasteiger partial charge in [-0.05, 0) is 42.9 Å². The SMILES string of the molecule is Nc1cc(C(=O)N2CC3CCCC3C2)ccc1Cl. The fourth-order valence-corrected chi connectivity index (χ4v) is 3.38. The van der Waals surface area contributed by atoms with Gasteiger partial charge in [0.05, 0.1) is 10.7 Å². The molecule has 0 aromatic heterocycles. The first-order chi connectivity index (χ1) is 8.65. The monoisotopic (exact) mass is 264 g/mol. The van der Waals surface area contributed by atoms with E-state index in [1.54, 1.807) is 18.2 Å². The molecule has 1 amide bonds. The molecule has 4 heteroatoms. The number of fused-ring (bicyclic) bond motifs is 1. The number of benzene rings is 1. The number of nitrogens with zero attached hydrogens (tertiary/aromatic N) is 1. The van der Waals surface area contributed by atoms with Crippen LogP contribution in [-0.4, -0.2) is 23.9 Å². The molecule has 0 radical (unpaired) electrons. The van der Waals surface area contributed by atoms with Crippen molar-refractivity contribution < 1.29 is 4.79 Å². The largest absolute Gasteiger partial charge is 0.398 e. The van der Waals surface area contributed by atoms with E-state index < -0.39 is 0 Å². The van der Waals surface area contributed by atoms with Gasteiger partial charge in [-0.25, -0.2) is 0 Å². The molecule has 18 heavy (non-hydrogen) atoms. The molecular weight excluding hydrogens is 248 g/mol. The van der Waals surface area contributed by atoms with Crippen LogP contribution in [0, 0.1) is 11.8 Å². The Hall–Kier alpha value is -1.22. The molecule has 3 nitrogen and oxygen atoms in total. The Morgan fingerprint density at radius 3 is 2.56 bits per heavy atom. The van der Waals surface area contributed by atoms with Crippen molar-refractivity contribution in [1.82, 2.24) is 4.90 Å². The number of hydrogen-bond acceptors (Lipinski definition) is 2. The van der Waals surface area contributed by atoms with E-state index in [1.165, 1.54) is 19.3 Å². The lowest BCUT2D eigenvalue weighted by atomic mass is 10.0. The van der Waals surface area contributed by atoms with Crippen molar-refractivity contribution in [3.63, 3.8) is 0 Å². The molecular formula is C14H17ClN2O. The first kappa shape index (κ1) is 11.8. The van der Waals surface area contributed by atoms with E-state index in [-0.39, 0.29) is 5.91 Å². The van der Waals surface area contributed by atoms with Gasteiger partial charge in [0.1, 0.15) is 0 Å². The van der Waals surface area contributed by atoms with Crippen molar-refractivity contribution in [2.24, 2.45) is 11.8 Å². The fourth-order valence-electron chi connectivity index (χ4n) is 3.26. The van der Waals surface area contributed by atoms with Crippen molar-refractivity contribution in [3.05, 3.63) is 28.8 Å². The zero-order valence-electron chi connectivity index (χ0n) is 10.2. The van der Waals surface area contributed by atoms with E-state index in [1.807, 2.05) is 4.90 Å². The lowest BCUT2D eigenvalue weighted by molar-refractivity contribution is 0.0780. The molecule has 2 N–H and O–H groups in total. The highest BCUT2D eigenvalue weighted by molar-refractivity contribution is 6.33. The standard InChI is InChI=1S/C14H17ClN2O/c15-12-5-4-9(6-13(12)16)14(18)17-7-10-2-1-3-11(10)8-17/h4-6,10-11H,1-3,7-8,16H2. The minimum Gasteiger partial charge on any atom is -0.398 e. The maximum atomic E-state index is 12.4. The van der Waals surface area contributed by atoms with Gasteiger partial charge in [0.25, 0.3) is 5.91 Å². The van der Waals surface area contributed by atoms with Gasteiger partial charge in [-0.15, -0.1) is 0 Å². The van der Waals surface area contributed by atoms with Crippen LogP contribution in [0.5, 0.6) is 0 Å². The van der Waals surface area contributed by atoms with Crippen LogP contribution in [0.3, 0.4) is 0 Å². The Morgan fingerprint density at radius 1 is 1.28 bits per heavy atom. The number of anilines is 1. The average molecular weight is 265 g/mol. The molecule has 3 rings (SSSR count). The second-order valence-electron chi connectivity index (χ2n) is 5.40. The predicted molar refractivity (Wildman–Crippen MR) is 72.6 cm³/mol. The lowest BCUT2D eigenvalue weighted by Crippen LogP contribution is -2.29. The molecule has 2 aliphatic rings. The molecule has 1 saturated carbocycles. The molecule has 2 fully saturated rings. The summed E-state index contributed by atoms with van der Waals surface area (Å²) in [5.74, 6) is 1.53. The topological polar surface area (TPSA) is 46.3 Å². The third-order valence-corrected chi connectivity index (χ3v) is 4.60. The van der Waals surface area contributed by atoms with Crippen LogP contribution >= 0.6 is 11.6 Å². The van der Waals surface area contributed by atoms with Gasteiger partial charge in [0, 0.05) is 18.7 Å². The average Bonchev–Trinajstić information content (AvgIpc) is 2.92. The Bertz CT molecular complexity index is 477. The first-order valence-corrected chi connectivity index (χ1v) is 6.87. The Morgan fingerprint density at radius 2 is 1.94 bits per heavy atom. The zero-order valence-corrected chi connectivity index (χ0v) is 11.0. The smallest absolute Gasteiger partial charge is 0.253 e. The molecule has 1 saturated heterocycles. The van der Waals surface area contributed by atoms with Gasteiger partial charge in [-0.2, -0.15) is 0 Å². The number of carbonyl (C=O) groups is 1. The van der Waals surface area contributed by atoms with Crippen LogP contribution < -0.4 is 5.73 Å². The quantitative estimate of drug-likeness (QED) is 0.793. The van der Waals surface area contributed by atoms with E-state index in [9.17, 15) is 4.79 Å². The molecule has 0 spiro atoms. The van der Waals surface area contributed by atoms with Crippen molar-refractivity contribution in [2.45, 2.75) is 19.3 Å². The summed E-state index contributed by atoms with van der Waals surface area (Å²) in [6.07, 6.45) is 3.87. The van der Waals surface area contributed by atoms with Crippen molar-refractivity contribution in [1.29, 1.82) is 0 Å². The summed E-state index contributed by atoms with van der Waals surface area (Å²) in [4.78, 5) is 14.3. The maximum absolute atomic E-state index is 12.4. The number of likely N-dealkylation sites (tertiary alicyclic amines) is 1. The summed E-state index contributed by atoms with van der Waals surface area (Å²) in [5, 5.41) is 0.504. The number of carbonyl (C=O) groups excluding carboxylic acids is 1. The summed E-state index contributed by atoms with van der Waals surface area (Å²) >= 11 is 5.87. The van der Waals surface area contributed by atoms with Crippen LogP contribution in [0.25, 0.3) is 0 Å². The highest BCUT2D eigenvalue weighted by Crippen LogP contribution is 2.38. The van der Waals surface area contributed by atoms with E-state index in [0.29, 0.717) is 16.3 Å². The van der Waals surface area contributed by atoms with Crippen molar-refractivity contribution >= 4 is 23.2 Å². The van der Waals surface area contributed by atoms with Crippen LogP contribution in [0.1, 0.15) is 29.6 Å². The summed E-state index contributed by atoms with van der Waals surface area (Å²) in [5.41, 5.74) is 6.87. The first-order valence-electron chi connectivity index (χ1n) is 6.49. The highest BCUT2D eigenvalue weighted by Gasteiger charge is 2.38. The normalized spacial score (nSPS) is 26.4. The van der Waals surface area contributed by atoms with Gasteiger partial charge >= 0.3 is 0 Å². The molecule has 1 aliphatic heterocycles. The molecule has 1 aromatic carbocycles. The third-order valence-electron chi connectivity index (χ3n) is 4.26. The van der Waals surface area contributed by atoms with Gasteiger partial charge < -0.3 is 10.6 Å². The van der Waals surface area contributed by atoms with Crippen LogP contribution in [-0.2, 0) is 0 Å². The summed E-state index contributed by atoms with van der Waals surface area (Å²) < 4.78 is 0. The second-order valence-corrected chi connectivity index (χ2v) is 5.80. The van der Waals surface area contributed by atoms with Crippen molar-refractivity contribution in [2.75, 3.05) is 18.8 Å². The minimum absolute atomic E-state index is 0.0905. The second kappa shape index (κ2) is 4.47. The number of halogens is 1. The van der Waals surface area contributed by atoms with E-state index in [2.05, 4.69) is 0 Å². The highest BCUT2D eigenvalue weighted by atomic mass is 35.5. The van der Waals surface area contributed by atoms with Crippen molar-refractivity contribution in [3.8, 4) is 0 Å². The molecule has 1 aliphatic carbocycles. The fraction of sp³-hybridized carbons (Fsp3) is 0.500. The van der Waals surface area contributed by atoms with Gasteiger partial charge in [0.2, 0.25) is 0 Å². The molecule has 0 bridgehead atoms. The zero-order chi connectivity index (χ0) is 12.7. The molecule has 1 heterocycles.